The lowest BCUT2D eigenvalue weighted by Gasteiger charge is -2.28. The number of benzene rings is 1. The van der Waals surface area contributed by atoms with Crippen molar-refractivity contribution in [2.75, 3.05) is 5.32 Å². The summed E-state index contributed by atoms with van der Waals surface area (Å²) in [7, 11) is 0. The van der Waals surface area contributed by atoms with Gasteiger partial charge in [-0.1, -0.05) is 32.0 Å². The van der Waals surface area contributed by atoms with Crippen LogP contribution in [0.1, 0.15) is 50.2 Å². The van der Waals surface area contributed by atoms with Gasteiger partial charge in [-0.2, -0.15) is 0 Å². The van der Waals surface area contributed by atoms with Gasteiger partial charge in [0.1, 0.15) is 0 Å². The van der Waals surface area contributed by atoms with Crippen LogP contribution in [0, 0.1) is 30.6 Å². The minimum absolute atomic E-state index is 0.110. The molecule has 4 atom stereocenters. The van der Waals surface area contributed by atoms with E-state index in [-0.39, 0.29) is 23.7 Å². The predicted octanol–water partition coefficient (Wildman–Crippen LogP) is 3.80. The van der Waals surface area contributed by atoms with Gasteiger partial charge in [0.25, 0.3) is 0 Å². The minimum Gasteiger partial charge on any atom is -0.481 e. The molecular formula is C19H25NO3. The number of amides is 1. The van der Waals surface area contributed by atoms with E-state index in [1.54, 1.807) is 0 Å². The van der Waals surface area contributed by atoms with Crippen LogP contribution in [0.15, 0.2) is 18.2 Å². The summed E-state index contributed by atoms with van der Waals surface area (Å²) >= 11 is 0. The lowest BCUT2D eigenvalue weighted by molar-refractivity contribution is -0.148. The summed E-state index contributed by atoms with van der Waals surface area (Å²) in [5, 5.41) is 12.6. The van der Waals surface area contributed by atoms with Crippen molar-refractivity contribution < 1.29 is 14.7 Å². The van der Waals surface area contributed by atoms with Gasteiger partial charge in [0, 0.05) is 5.69 Å². The van der Waals surface area contributed by atoms with Crippen LogP contribution in [0.3, 0.4) is 0 Å². The molecular weight excluding hydrogens is 290 g/mol. The highest BCUT2D eigenvalue weighted by Gasteiger charge is 2.54. The Kier molecular flexibility index (Phi) is 4.17. The van der Waals surface area contributed by atoms with Crippen molar-refractivity contribution in [3.63, 3.8) is 0 Å². The van der Waals surface area contributed by atoms with E-state index in [1.165, 1.54) is 0 Å². The highest BCUT2D eigenvalue weighted by molar-refractivity contribution is 5.97. The first-order valence-electron chi connectivity index (χ1n) is 8.53. The minimum atomic E-state index is -0.814. The molecule has 23 heavy (non-hydrogen) atoms. The van der Waals surface area contributed by atoms with Gasteiger partial charge in [-0.15, -0.1) is 0 Å². The Bertz CT molecular complexity index is 638. The van der Waals surface area contributed by atoms with Gasteiger partial charge in [-0.25, -0.2) is 0 Å². The molecule has 2 aliphatic rings. The number of rotatable bonds is 4. The van der Waals surface area contributed by atoms with E-state index >= 15 is 0 Å². The third kappa shape index (κ3) is 2.75. The quantitative estimate of drug-likeness (QED) is 0.888. The molecule has 2 fully saturated rings. The number of carbonyl (C=O) groups is 2. The molecule has 1 aromatic rings. The lowest BCUT2D eigenvalue weighted by Crippen LogP contribution is -2.38. The van der Waals surface area contributed by atoms with Crippen LogP contribution in [-0.2, 0) is 9.59 Å². The molecule has 0 spiro atoms. The van der Waals surface area contributed by atoms with Crippen LogP contribution < -0.4 is 5.32 Å². The largest absolute Gasteiger partial charge is 0.481 e. The fourth-order valence-corrected chi connectivity index (χ4v) is 4.57. The molecule has 4 heteroatoms. The third-order valence-electron chi connectivity index (χ3n) is 5.68. The Hall–Kier alpha value is -1.84. The van der Waals surface area contributed by atoms with Gasteiger partial charge in [0.2, 0.25) is 5.91 Å². The SMILES string of the molecule is Cc1cccc(C(C)C)c1NC(=O)[C@H]1[C@H]2CC[C@@H](C2)[C@H]1C(=O)O. The van der Waals surface area contributed by atoms with Gasteiger partial charge >= 0.3 is 5.97 Å². The third-order valence-corrected chi connectivity index (χ3v) is 5.68. The number of aryl methyl sites for hydroxylation is 1. The highest BCUT2D eigenvalue weighted by atomic mass is 16.4. The van der Waals surface area contributed by atoms with Gasteiger partial charge in [0.05, 0.1) is 11.8 Å². The number of para-hydroxylation sites is 1. The van der Waals surface area contributed by atoms with Crippen LogP contribution in [0.5, 0.6) is 0 Å². The number of aliphatic carboxylic acids is 1. The lowest BCUT2D eigenvalue weighted by atomic mass is 9.78. The zero-order valence-electron chi connectivity index (χ0n) is 14.0. The molecule has 0 saturated heterocycles. The molecule has 1 amide bonds. The van der Waals surface area contributed by atoms with Crippen molar-refractivity contribution in [3.05, 3.63) is 29.3 Å². The van der Waals surface area contributed by atoms with Gasteiger partial charge in [0.15, 0.2) is 0 Å². The van der Waals surface area contributed by atoms with Crippen LogP contribution in [0.4, 0.5) is 5.69 Å². The summed E-state index contributed by atoms with van der Waals surface area (Å²) in [6, 6.07) is 6.01. The second-order valence-electron chi connectivity index (χ2n) is 7.41. The first-order valence-corrected chi connectivity index (χ1v) is 8.53. The predicted molar refractivity (Wildman–Crippen MR) is 89.3 cm³/mol. The molecule has 0 aromatic heterocycles. The fourth-order valence-electron chi connectivity index (χ4n) is 4.57. The number of anilines is 1. The zero-order valence-corrected chi connectivity index (χ0v) is 14.0. The summed E-state index contributed by atoms with van der Waals surface area (Å²) in [5.41, 5.74) is 2.99. The van der Waals surface area contributed by atoms with E-state index in [2.05, 4.69) is 19.2 Å². The molecule has 0 aliphatic heterocycles. The van der Waals surface area contributed by atoms with E-state index in [0.29, 0.717) is 5.92 Å². The van der Waals surface area contributed by atoms with Crippen molar-refractivity contribution in [1.29, 1.82) is 0 Å². The van der Waals surface area contributed by atoms with Gasteiger partial charge in [-0.3, -0.25) is 9.59 Å². The highest BCUT2D eigenvalue weighted by Crippen LogP contribution is 2.52. The summed E-state index contributed by atoms with van der Waals surface area (Å²) < 4.78 is 0. The Balaban J connectivity index is 1.87. The normalized spacial score (nSPS) is 29.0. The number of carboxylic acids is 1. The average molecular weight is 315 g/mol. The fraction of sp³-hybridized carbons (Fsp3) is 0.579. The Morgan fingerprint density at radius 2 is 1.83 bits per heavy atom. The summed E-state index contributed by atoms with van der Waals surface area (Å²) in [4.78, 5) is 24.5. The second kappa shape index (κ2) is 5.99. The number of hydrogen-bond donors (Lipinski definition) is 2. The molecule has 0 radical (unpaired) electrons. The monoisotopic (exact) mass is 315 g/mol. The standard InChI is InChI=1S/C19H25NO3/c1-10(2)14-6-4-5-11(3)17(14)20-18(21)15-12-7-8-13(9-12)16(15)19(22)23/h4-6,10,12-13,15-16H,7-9H2,1-3H3,(H,20,21)(H,22,23)/t12-,13-,15-,16+/m0/s1. The van der Waals surface area contributed by atoms with E-state index in [9.17, 15) is 14.7 Å². The first-order chi connectivity index (χ1) is 10.9. The molecule has 1 aromatic carbocycles. The molecule has 2 aliphatic carbocycles. The van der Waals surface area contributed by atoms with Crippen molar-refractivity contribution in [2.24, 2.45) is 23.7 Å². The van der Waals surface area contributed by atoms with Crippen molar-refractivity contribution in [2.45, 2.75) is 46.0 Å². The van der Waals surface area contributed by atoms with Gasteiger partial charge in [-0.05, 0) is 55.1 Å². The first kappa shape index (κ1) is 16.0. The van der Waals surface area contributed by atoms with E-state index < -0.39 is 11.9 Å². The maximum atomic E-state index is 12.9. The zero-order chi connectivity index (χ0) is 16.7. The summed E-state index contributed by atoms with van der Waals surface area (Å²) in [6.45, 7) is 6.18. The molecule has 4 nitrogen and oxygen atoms in total. The van der Waals surface area contributed by atoms with Crippen LogP contribution in [0.2, 0.25) is 0 Å². The molecule has 3 rings (SSSR count). The molecule has 2 bridgehead atoms. The Morgan fingerprint density at radius 1 is 1.17 bits per heavy atom. The topological polar surface area (TPSA) is 66.4 Å². The van der Waals surface area contributed by atoms with E-state index in [0.717, 1.165) is 36.1 Å². The van der Waals surface area contributed by atoms with Gasteiger partial charge < -0.3 is 10.4 Å². The van der Waals surface area contributed by atoms with Crippen molar-refractivity contribution >= 4 is 17.6 Å². The Labute approximate surface area is 137 Å². The smallest absolute Gasteiger partial charge is 0.307 e. The number of hydrogen-bond acceptors (Lipinski definition) is 2. The maximum absolute atomic E-state index is 12.9. The summed E-state index contributed by atoms with van der Waals surface area (Å²) in [5.74, 6) is -1.11. The molecule has 0 unspecified atom stereocenters. The van der Waals surface area contributed by atoms with Crippen molar-refractivity contribution in [3.8, 4) is 0 Å². The van der Waals surface area contributed by atoms with Crippen LogP contribution in [0.25, 0.3) is 0 Å². The number of carbonyl (C=O) groups excluding carboxylic acids is 1. The molecule has 0 heterocycles. The van der Waals surface area contributed by atoms with Crippen molar-refractivity contribution in [1.82, 2.24) is 0 Å². The van der Waals surface area contributed by atoms with E-state index in [4.69, 9.17) is 0 Å². The second-order valence-corrected chi connectivity index (χ2v) is 7.41. The number of fused-ring (bicyclic) bond motifs is 2. The average Bonchev–Trinajstić information content (AvgIpc) is 3.09. The molecule has 2 N–H and O–H groups in total. The maximum Gasteiger partial charge on any atom is 0.307 e. The number of nitrogens with one attached hydrogen (secondary N) is 1. The molecule has 2 saturated carbocycles. The van der Waals surface area contributed by atoms with Crippen LogP contribution in [-0.4, -0.2) is 17.0 Å². The molecule has 124 valence electrons. The Morgan fingerprint density at radius 3 is 2.43 bits per heavy atom. The number of carboxylic acid groups (broad SMARTS) is 1. The van der Waals surface area contributed by atoms with E-state index in [1.807, 2.05) is 25.1 Å². The summed E-state index contributed by atoms with van der Waals surface area (Å²) in [6.07, 6.45) is 2.82. The van der Waals surface area contributed by atoms with Crippen LogP contribution >= 0.6 is 0 Å².